The van der Waals surface area contributed by atoms with Crippen LogP contribution in [0.15, 0.2) is 34.8 Å². The number of rotatable bonds is 4. The predicted octanol–water partition coefficient (Wildman–Crippen LogP) is 6.50. The average molecular weight is 500 g/mol. The van der Waals surface area contributed by atoms with Crippen molar-refractivity contribution in [2.45, 2.75) is 25.9 Å². The monoisotopic (exact) mass is 498 g/mol. The van der Waals surface area contributed by atoms with Gasteiger partial charge in [-0.1, -0.05) is 56.5 Å². The van der Waals surface area contributed by atoms with Crippen LogP contribution >= 0.6 is 50.5 Å². The van der Waals surface area contributed by atoms with Crippen molar-refractivity contribution in [3.63, 3.8) is 0 Å². The first-order valence-corrected chi connectivity index (χ1v) is 11.2. The number of fused-ring (bicyclic) bond motifs is 1. The Morgan fingerprint density at radius 1 is 1.32 bits per heavy atom. The fourth-order valence-corrected chi connectivity index (χ4v) is 5.14. The molecule has 0 N–H and O–H groups in total. The van der Waals surface area contributed by atoms with Crippen molar-refractivity contribution >= 4 is 71.7 Å². The minimum absolute atomic E-state index is 0.0153. The zero-order chi connectivity index (χ0) is 19.8. The molecule has 146 valence electrons. The molecule has 3 aromatic rings. The first-order chi connectivity index (χ1) is 13.4. The zero-order valence-corrected chi connectivity index (χ0v) is 19.0. The molecule has 1 atom stereocenters. The molecule has 1 unspecified atom stereocenters. The molecule has 1 aliphatic rings. The van der Waals surface area contributed by atoms with Crippen LogP contribution in [0.25, 0.3) is 10.2 Å². The van der Waals surface area contributed by atoms with Gasteiger partial charge < -0.3 is 4.74 Å². The molecule has 0 saturated carbocycles. The van der Waals surface area contributed by atoms with Gasteiger partial charge in [-0.15, -0.1) is 0 Å². The first kappa shape index (κ1) is 20.1. The van der Waals surface area contributed by atoms with Gasteiger partial charge in [-0.05, 0) is 49.6 Å². The fraction of sp³-hybridized carbons (Fsp3) is 0.300. The normalized spacial score (nSPS) is 16.6. The van der Waals surface area contributed by atoms with Gasteiger partial charge in [0.15, 0.2) is 5.13 Å². The van der Waals surface area contributed by atoms with Gasteiger partial charge in [-0.25, -0.2) is 4.98 Å². The average Bonchev–Trinajstić information content (AvgIpc) is 3.34. The van der Waals surface area contributed by atoms with Crippen molar-refractivity contribution in [3.05, 3.63) is 56.0 Å². The smallest absolute Gasteiger partial charge is 0.261 e. The van der Waals surface area contributed by atoms with Gasteiger partial charge in [-0.2, -0.15) is 0 Å². The summed E-state index contributed by atoms with van der Waals surface area (Å²) >= 11 is 17.5. The number of carbonyl (C=O) groups is 1. The highest BCUT2D eigenvalue weighted by Gasteiger charge is 2.28. The lowest BCUT2D eigenvalue weighted by Crippen LogP contribution is -2.37. The van der Waals surface area contributed by atoms with Gasteiger partial charge in [0.2, 0.25) is 0 Å². The molecular formula is C20H17BrCl2N2O2S. The number of aromatic nitrogens is 1. The predicted molar refractivity (Wildman–Crippen MR) is 119 cm³/mol. The summed E-state index contributed by atoms with van der Waals surface area (Å²) in [4.78, 5) is 19.9. The van der Waals surface area contributed by atoms with E-state index in [1.54, 1.807) is 17.0 Å². The Morgan fingerprint density at radius 2 is 2.11 bits per heavy atom. The third-order valence-electron chi connectivity index (χ3n) is 4.73. The van der Waals surface area contributed by atoms with E-state index in [0.29, 0.717) is 27.3 Å². The van der Waals surface area contributed by atoms with E-state index in [1.807, 2.05) is 25.1 Å². The highest BCUT2D eigenvalue weighted by atomic mass is 79.9. The van der Waals surface area contributed by atoms with Crippen molar-refractivity contribution in [1.82, 2.24) is 4.98 Å². The molecule has 1 aromatic heterocycles. The second kappa shape index (κ2) is 8.28. The molecule has 2 heterocycles. The third-order valence-corrected chi connectivity index (χ3v) is 7.09. The maximum Gasteiger partial charge on any atom is 0.261 e. The molecule has 8 heteroatoms. The standard InChI is InChI=1S/C20H17BrCl2N2O2S/c1-11-4-6-16(23)18-17(11)24-20(28-18)25(10-13-3-2-8-27-13)19(26)14-9-12(21)5-7-15(14)22/h4-7,9,13H,2-3,8,10H2,1H3. The molecule has 1 fully saturated rings. The quantitative estimate of drug-likeness (QED) is 0.411. The maximum atomic E-state index is 13.5. The lowest BCUT2D eigenvalue weighted by atomic mass is 10.1. The van der Waals surface area contributed by atoms with Crippen LogP contribution in [-0.4, -0.2) is 30.1 Å². The van der Waals surface area contributed by atoms with Crippen molar-refractivity contribution in [2.75, 3.05) is 18.1 Å². The van der Waals surface area contributed by atoms with Crippen molar-refractivity contribution < 1.29 is 9.53 Å². The van der Waals surface area contributed by atoms with Gasteiger partial charge in [0.25, 0.3) is 5.91 Å². The Labute approximate surface area is 185 Å². The summed E-state index contributed by atoms with van der Waals surface area (Å²) in [5.74, 6) is -0.199. The number of ether oxygens (including phenoxy) is 1. The van der Waals surface area contributed by atoms with Crippen LogP contribution in [0.1, 0.15) is 28.8 Å². The highest BCUT2D eigenvalue weighted by Crippen LogP contribution is 2.37. The van der Waals surface area contributed by atoms with E-state index >= 15 is 0 Å². The molecule has 0 radical (unpaired) electrons. The summed E-state index contributed by atoms with van der Waals surface area (Å²) < 4.78 is 7.45. The van der Waals surface area contributed by atoms with E-state index < -0.39 is 0 Å². The summed E-state index contributed by atoms with van der Waals surface area (Å²) in [6, 6.07) is 9.05. The summed E-state index contributed by atoms with van der Waals surface area (Å²) in [6.45, 7) is 3.13. The van der Waals surface area contributed by atoms with Gasteiger partial charge >= 0.3 is 0 Å². The van der Waals surface area contributed by atoms with Gasteiger partial charge in [0.05, 0.1) is 38.5 Å². The molecule has 28 heavy (non-hydrogen) atoms. The molecule has 4 nitrogen and oxygen atoms in total. The number of carbonyl (C=O) groups excluding carboxylic acids is 1. The van der Waals surface area contributed by atoms with E-state index in [-0.39, 0.29) is 12.0 Å². The minimum Gasteiger partial charge on any atom is -0.376 e. The Balaban J connectivity index is 1.79. The van der Waals surface area contributed by atoms with Crippen LogP contribution in [0, 0.1) is 6.92 Å². The van der Waals surface area contributed by atoms with E-state index in [0.717, 1.165) is 39.7 Å². The van der Waals surface area contributed by atoms with Crippen LogP contribution in [0.4, 0.5) is 5.13 Å². The molecule has 0 aliphatic carbocycles. The molecular weight excluding hydrogens is 483 g/mol. The molecule has 2 aromatic carbocycles. The van der Waals surface area contributed by atoms with E-state index in [9.17, 15) is 4.79 Å². The summed E-state index contributed by atoms with van der Waals surface area (Å²) in [6.07, 6.45) is 1.90. The lowest BCUT2D eigenvalue weighted by Gasteiger charge is -2.23. The Morgan fingerprint density at radius 3 is 2.82 bits per heavy atom. The van der Waals surface area contributed by atoms with Crippen molar-refractivity contribution in [1.29, 1.82) is 0 Å². The molecule has 4 rings (SSSR count). The second-order valence-electron chi connectivity index (χ2n) is 6.71. The molecule has 0 spiro atoms. The van der Waals surface area contributed by atoms with Crippen molar-refractivity contribution in [3.8, 4) is 0 Å². The number of halogens is 3. The summed E-state index contributed by atoms with van der Waals surface area (Å²) in [5, 5.41) is 1.64. The minimum atomic E-state index is -0.199. The van der Waals surface area contributed by atoms with Gasteiger partial charge in [0.1, 0.15) is 0 Å². The van der Waals surface area contributed by atoms with Gasteiger partial charge in [-0.3, -0.25) is 9.69 Å². The number of hydrogen-bond donors (Lipinski definition) is 0. The molecule has 0 bridgehead atoms. The third kappa shape index (κ3) is 3.94. The largest absolute Gasteiger partial charge is 0.376 e. The van der Waals surface area contributed by atoms with E-state index in [4.69, 9.17) is 32.9 Å². The number of benzene rings is 2. The second-order valence-corrected chi connectivity index (χ2v) is 9.42. The van der Waals surface area contributed by atoms with Crippen LogP contribution in [-0.2, 0) is 4.74 Å². The van der Waals surface area contributed by atoms with Crippen LogP contribution in [0.2, 0.25) is 10.0 Å². The first-order valence-electron chi connectivity index (χ1n) is 8.88. The number of amides is 1. The zero-order valence-electron chi connectivity index (χ0n) is 15.0. The van der Waals surface area contributed by atoms with E-state index in [1.165, 1.54) is 11.3 Å². The Kier molecular flexibility index (Phi) is 5.95. The Hall–Kier alpha value is -1.18. The van der Waals surface area contributed by atoms with Crippen LogP contribution < -0.4 is 4.90 Å². The topological polar surface area (TPSA) is 42.4 Å². The number of anilines is 1. The molecule has 1 saturated heterocycles. The number of aryl methyl sites for hydroxylation is 1. The summed E-state index contributed by atoms with van der Waals surface area (Å²) in [5.41, 5.74) is 2.26. The van der Waals surface area contributed by atoms with E-state index in [2.05, 4.69) is 15.9 Å². The van der Waals surface area contributed by atoms with Crippen LogP contribution in [0.5, 0.6) is 0 Å². The number of nitrogens with zero attached hydrogens (tertiary/aromatic N) is 2. The Bertz CT molecular complexity index is 1010. The van der Waals surface area contributed by atoms with Gasteiger partial charge in [0, 0.05) is 11.1 Å². The number of hydrogen-bond acceptors (Lipinski definition) is 4. The highest BCUT2D eigenvalue weighted by molar-refractivity contribution is 9.10. The fourth-order valence-electron chi connectivity index (χ4n) is 3.25. The SMILES string of the molecule is Cc1ccc(Cl)c2sc(N(CC3CCCO3)C(=O)c3cc(Br)ccc3Cl)nc12. The molecule has 1 amide bonds. The lowest BCUT2D eigenvalue weighted by molar-refractivity contribution is 0.0917. The maximum absolute atomic E-state index is 13.5. The van der Waals surface area contributed by atoms with Crippen LogP contribution in [0.3, 0.4) is 0 Å². The molecule has 1 aliphatic heterocycles. The summed E-state index contributed by atoms with van der Waals surface area (Å²) in [7, 11) is 0. The number of thiazole rings is 1. The van der Waals surface area contributed by atoms with Crippen molar-refractivity contribution in [2.24, 2.45) is 0 Å².